The molecule has 10 heteroatoms. The number of nitrogens with two attached hydrogens (primary N) is 1. The lowest BCUT2D eigenvalue weighted by atomic mass is 10.1. The quantitative estimate of drug-likeness (QED) is 0.785. The van der Waals surface area contributed by atoms with Crippen molar-refractivity contribution in [3.05, 3.63) is 16.1 Å². The average Bonchev–Trinajstić information content (AvgIpc) is 3.16. The summed E-state index contributed by atoms with van der Waals surface area (Å²) in [6.07, 6.45) is 3.45. The molecule has 146 valence electrons. The first-order valence-electron chi connectivity index (χ1n) is 7.93. The minimum atomic E-state index is -0.274. The van der Waals surface area contributed by atoms with Gasteiger partial charge in [-0.3, -0.25) is 9.69 Å². The van der Waals surface area contributed by atoms with E-state index in [0.29, 0.717) is 6.54 Å². The van der Waals surface area contributed by atoms with E-state index in [9.17, 15) is 4.79 Å². The molecule has 1 aromatic rings. The van der Waals surface area contributed by atoms with E-state index in [1.807, 2.05) is 18.0 Å². The molecule has 2 atom stereocenters. The van der Waals surface area contributed by atoms with Gasteiger partial charge in [-0.25, -0.2) is 4.98 Å². The Hall–Kier alpha value is -0.150. The lowest BCUT2D eigenvalue weighted by molar-refractivity contribution is -0.144. The second-order valence-corrected chi connectivity index (χ2v) is 7.33. The third kappa shape index (κ3) is 6.50. The first-order chi connectivity index (χ1) is 10.7. The molecule has 6 nitrogen and oxygen atoms in total. The van der Waals surface area contributed by atoms with Gasteiger partial charge < -0.3 is 15.4 Å². The summed E-state index contributed by atoms with van der Waals surface area (Å²) in [4.78, 5) is 22.4. The fourth-order valence-corrected chi connectivity index (χ4v) is 3.93. The van der Waals surface area contributed by atoms with Gasteiger partial charge in [0.25, 0.3) is 5.91 Å². The number of carbonyl (C=O) groups is 1. The number of hydrogen-bond donors (Lipinski definition) is 1. The van der Waals surface area contributed by atoms with Gasteiger partial charge in [-0.15, -0.1) is 48.6 Å². The number of nitrogens with zero attached hydrogens (tertiary/aromatic N) is 3. The van der Waals surface area contributed by atoms with E-state index in [1.165, 1.54) is 4.88 Å². The molecule has 0 spiro atoms. The van der Waals surface area contributed by atoms with E-state index in [2.05, 4.69) is 9.88 Å². The van der Waals surface area contributed by atoms with Crippen LogP contribution in [0.15, 0.2) is 6.20 Å². The smallest absolute Gasteiger partial charge is 0.251 e. The summed E-state index contributed by atoms with van der Waals surface area (Å²) >= 11 is 1.75. The fourth-order valence-electron chi connectivity index (χ4n) is 3.09. The molecule has 0 aromatic carbocycles. The molecule has 25 heavy (non-hydrogen) atoms. The van der Waals surface area contributed by atoms with Crippen LogP contribution >= 0.6 is 48.6 Å². The number of aryl methyl sites for hydroxylation is 1. The monoisotopic (exact) mass is 432 g/mol. The third-order valence-electron chi connectivity index (χ3n) is 4.38. The van der Waals surface area contributed by atoms with Gasteiger partial charge in [0.2, 0.25) is 0 Å². The van der Waals surface area contributed by atoms with Crippen LogP contribution in [0.4, 0.5) is 0 Å². The maximum absolute atomic E-state index is 12.5. The van der Waals surface area contributed by atoms with Crippen LogP contribution in [0.5, 0.6) is 0 Å². The molecule has 0 aliphatic carbocycles. The second-order valence-electron chi connectivity index (χ2n) is 6.01. The number of piperazine rings is 1. The molecule has 2 aliphatic rings. The third-order valence-corrected chi connectivity index (χ3v) is 5.28. The molecule has 2 saturated heterocycles. The van der Waals surface area contributed by atoms with Crippen molar-refractivity contribution < 1.29 is 9.53 Å². The van der Waals surface area contributed by atoms with Gasteiger partial charge in [-0.1, -0.05) is 0 Å². The standard InChI is InChI=1S/C15H24N4O2S.3ClH/c1-11-17-9-13(22-11)10-18-4-6-19(7-5-18)15(20)14-3-2-12(8-16)21-14;;;/h9,12,14H,2-8,10,16H2,1H3;3*1H/t12-,14+;;;/m1.../s1. The number of carbonyl (C=O) groups excluding carboxylic acids is 1. The minimum Gasteiger partial charge on any atom is -0.364 e. The molecule has 3 rings (SSSR count). The number of thiazole rings is 1. The van der Waals surface area contributed by atoms with Crippen LogP contribution in [0.1, 0.15) is 22.7 Å². The summed E-state index contributed by atoms with van der Waals surface area (Å²) in [5.41, 5.74) is 5.61. The van der Waals surface area contributed by atoms with Crippen LogP contribution in [0.25, 0.3) is 0 Å². The van der Waals surface area contributed by atoms with Crippen molar-refractivity contribution in [2.24, 2.45) is 5.73 Å². The Morgan fingerprint density at radius 2 is 1.96 bits per heavy atom. The van der Waals surface area contributed by atoms with E-state index < -0.39 is 0 Å². The number of halogens is 3. The van der Waals surface area contributed by atoms with Crippen LogP contribution in [0.3, 0.4) is 0 Å². The highest BCUT2D eigenvalue weighted by Gasteiger charge is 2.34. The van der Waals surface area contributed by atoms with Crippen molar-refractivity contribution >= 4 is 54.5 Å². The topological polar surface area (TPSA) is 71.7 Å². The van der Waals surface area contributed by atoms with Crippen LogP contribution in [0.2, 0.25) is 0 Å². The van der Waals surface area contributed by atoms with Gasteiger partial charge in [-0.05, 0) is 19.8 Å². The summed E-state index contributed by atoms with van der Waals surface area (Å²) in [6.45, 7) is 6.86. The fraction of sp³-hybridized carbons (Fsp3) is 0.733. The molecule has 0 radical (unpaired) electrons. The number of rotatable bonds is 4. The number of ether oxygens (including phenoxy) is 1. The van der Waals surface area contributed by atoms with E-state index >= 15 is 0 Å². The Balaban J connectivity index is 0.00000192. The number of amides is 1. The Morgan fingerprint density at radius 1 is 1.28 bits per heavy atom. The molecule has 0 saturated carbocycles. The van der Waals surface area contributed by atoms with Gasteiger partial charge in [0.05, 0.1) is 11.1 Å². The van der Waals surface area contributed by atoms with Gasteiger partial charge in [0, 0.05) is 50.3 Å². The minimum absolute atomic E-state index is 0. The van der Waals surface area contributed by atoms with Crippen LogP contribution < -0.4 is 5.73 Å². The second kappa shape index (κ2) is 11.5. The largest absolute Gasteiger partial charge is 0.364 e. The van der Waals surface area contributed by atoms with Crippen LogP contribution in [-0.4, -0.2) is 65.6 Å². The van der Waals surface area contributed by atoms with Crippen molar-refractivity contribution in [1.82, 2.24) is 14.8 Å². The predicted octanol–water partition coefficient (Wildman–Crippen LogP) is 1.87. The zero-order chi connectivity index (χ0) is 15.5. The Labute approximate surface area is 171 Å². The average molecular weight is 434 g/mol. The Bertz CT molecular complexity index is 527. The van der Waals surface area contributed by atoms with Crippen molar-refractivity contribution in [1.29, 1.82) is 0 Å². The maximum atomic E-state index is 12.5. The summed E-state index contributed by atoms with van der Waals surface area (Å²) in [5, 5.41) is 1.11. The van der Waals surface area contributed by atoms with Gasteiger partial charge in [0.1, 0.15) is 6.10 Å². The SMILES string of the molecule is Cc1ncc(CN2CCN(C(=O)[C@@H]3CC[C@H](CN)O3)CC2)s1.Cl.Cl.Cl. The van der Waals surface area contributed by atoms with E-state index in [4.69, 9.17) is 10.5 Å². The molecule has 2 N–H and O–H groups in total. The molecule has 2 fully saturated rings. The molecule has 0 unspecified atom stereocenters. The highest BCUT2D eigenvalue weighted by Crippen LogP contribution is 2.22. The molecular weight excluding hydrogens is 407 g/mol. The summed E-state index contributed by atoms with van der Waals surface area (Å²) in [6, 6.07) is 0. The normalized spacial score (nSPS) is 23.4. The lowest BCUT2D eigenvalue weighted by Gasteiger charge is -2.35. The predicted molar refractivity (Wildman–Crippen MR) is 107 cm³/mol. The van der Waals surface area contributed by atoms with Crippen molar-refractivity contribution in [2.75, 3.05) is 32.7 Å². The maximum Gasteiger partial charge on any atom is 0.251 e. The van der Waals surface area contributed by atoms with Gasteiger partial charge in [-0.2, -0.15) is 0 Å². The summed E-state index contributed by atoms with van der Waals surface area (Å²) in [5.74, 6) is 0.143. The number of aromatic nitrogens is 1. The van der Waals surface area contributed by atoms with Crippen LogP contribution in [0, 0.1) is 6.92 Å². The molecule has 2 aliphatic heterocycles. The van der Waals surface area contributed by atoms with E-state index in [0.717, 1.165) is 50.6 Å². The Morgan fingerprint density at radius 3 is 2.48 bits per heavy atom. The summed E-state index contributed by atoms with van der Waals surface area (Å²) in [7, 11) is 0. The first kappa shape index (κ1) is 24.8. The zero-order valence-electron chi connectivity index (χ0n) is 14.3. The van der Waals surface area contributed by atoms with E-state index in [-0.39, 0.29) is 55.3 Å². The Kier molecular flexibility index (Phi) is 11.5. The first-order valence-corrected chi connectivity index (χ1v) is 8.75. The highest BCUT2D eigenvalue weighted by atomic mass is 35.5. The van der Waals surface area contributed by atoms with Gasteiger partial charge >= 0.3 is 0 Å². The number of hydrogen-bond acceptors (Lipinski definition) is 6. The van der Waals surface area contributed by atoms with Crippen molar-refractivity contribution in [3.8, 4) is 0 Å². The zero-order valence-corrected chi connectivity index (χ0v) is 17.5. The molecule has 0 bridgehead atoms. The molecule has 3 heterocycles. The van der Waals surface area contributed by atoms with Crippen LogP contribution in [-0.2, 0) is 16.1 Å². The summed E-state index contributed by atoms with van der Waals surface area (Å²) < 4.78 is 5.71. The van der Waals surface area contributed by atoms with Crippen molar-refractivity contribution in [3.63, 3.8) is 0 Å². The van der Waals surface area contributed by atoms with E-state index in [1.54, 1.807) is 11.3 Å². The molecular formula is C15H27Cl3N4O2S. The lowest BCUT2D eigenvalue weighted by Crippen LogP contribution is -2.51. The highest BCUT2D eigenvalue weighted by molar-refractivity contribution is 7.11. The molecule has 1 amide bonds. The van der Waals surface area contributed by atoms with Gasteiger partial charge in [0.15, 0.2) is 0 Å². The molecule has 1 aromatic heterocycles. The van der Waals surface area contributed by atoms with Crippen molar-refractivity contribution in [2.45, 2.75) is 38.5 Å².